The minimum Gasteiger partial charge on any atom is -0.379 e. The minimum atomic E-state index is -3.32. The highest BCUT2D eigenvalue weighted by molar-refractivity contribution is 7.89. The molecule has 0 aliphatic heterocycles. The largest absolute Gasteiger partial charge is 0.379 e. The SMILES string of the molecule is CCCCCCCCCCCCCCCCOCC(CNS(=O)(=O)CCCc1nc(C)cs1)OC. The van der Waals surface area contributed by atoms with Gasteiger partial charge in [0.25, 0.3) is 0 Å². The zero-order valence-electron chi connectivity index (χ0n) is 22.7. The number of sulfonamides is 1. The molecule has 1 atom stereocenters. The van der Waals surface area contributed by atoms with Crippen LogP contribution in [0.15, 0.2) is 5.38 Å². The molecule has 0 saturated carbocycles. The molecular weight excluding hydrogens is 480 g/mol. The van der Waals surface area contributed by atoms with Gasteiger partial charge >= 0.3 is 0 Å². The summed E-state index contributed by atoms with van der Waals surface area (Å²) in [7, 11) is -1.72. The Morgan fingerprint density at radius 2 is 1.49 bits per heavy atom. The van der Waals surface area contributed by atoms with E-state index in [9.17, 15) is 8.42 Å². The fraction of sp³-hybridized carbons (Fsp3) is 0.889. The Labute approximate surface area is 220 Å². The van der Waals surface area contributed by atoms with Crippen LogP contribution in [0.4, 0.5) is 0 Å². The van der Waals surface area contributed by atoms with Crippen molar-refractivity contribution in [1.29, 1.82) is 0 Å². The number of hydrogen-bond donors (Lipinski definition) is 1. The Bertz CT molecular complexity index is 710. The molecule has 0 bridgehead atoms. The van der Waals surface area contributed by atoms with E-state index in [1.165, 1.54) is 83.5 Å². The van der Waals surface area contributed by atoms with Crippen molar-refractivity contribution >= 4 is 21.4 Å². The molecule has 6 nitrogen and oxygen atoms in total. The molecule has 1 aromatic heterocycles. The topological polar surface area (TPSA) is 77.5 Å². The number of unbranched alkanes of at least 4 members (excludes halogenated alkanes) is 13. The molecule has 0 aliphatic rings. The molecule has 0 aliphatic carbocycles. The number of methoxy groups -OCH3 is 1. The maximum atomic E-state index is 12.2. The summed E-state index contributed by atoms with van der Waals surface area (Å²) < 4.78 is 38.3. The maximum Gasteiger partial charge on any atom is 0.211 e. The quantitative estimate of drug-likeness (QED) is 0.140. The highest BCUT2D eigenvalue weighted by atomic mass is 32.2. The molecular formula is C27H52N2O4S2. The Hall–Kier alpha value is -0.540. The molecule has 0 spiro atoms. The normalized spacial score (nSPS) is 12.9. The van der Waals surface area contributed by atoms with Gasteiger partial charge in [0.15, 0.2) is 0 Å². The molecule has 1 unspecified atom stereocenters. The average molecular weight is 533 g/mol. The summed E-state index contributed by atoms with van der Waals surface area (Å²) in [6.07, 6.45) is 19.8. The van der Waals surface area contributed by atoms with Crippen molar-refractivity contribution in [2.45, 2.75) is 123 Å². The highest BCUT2D eigenvalue weighted by Crippen LogP contribution is 2.13. The molecule has 0 saturated heterocycles. The standard InChI is InChI=1S/C27H52N2O4S2/c1-4-5-6-7-8-9-10-11-12-13-14-15-16-17-20-33-23-26(32-3)22-28-35(30,31)21-18-19-27-29-25(2)24-34-27/h24,26,28H,4-23H2,1-3H3. The van der Waals surface area contributed by atoms with Gasteiger partial charge in [0.1, 0.15) is 0 Å². The molecule has 1 N–H and O–H groups in total. The van der Waals surface area contributed by atoms with Crippen molar-refractivity contribution in [3.63, 3.8) is 0 Å². The van der Waals surface area contributed by atoms with Crippen LogP contribution in [-0.4, -0.2) is 52.1 Å². The number of aryl methyl sites for hydroxylation is 2. The van der Waals surface area contributed by atoms with E-state index in [-0.39, 0.29) is 18.4 Å². The number of nitrogens with one attached hydrogen (secondary N) is 1. The van der Waals surface area contributed by atoms with Gasteiger partial charge in [-0.05, 0) is 19.8 Å². The fourth-order valence-electron chi connectivity index (χ4n) is 4.05. The number of ether oxygens (including phenoxy) is 2. The molecule has 0 amide bonds. The van der Waals surface area contributed by atoms with E-state index in [4.69, 9.17) is 9.47 Å². The lowest BCUT2D eigenvalue weighted by atomic mass is 10.0. The summed E-state index contributed by atoms with van der Waals surface area (Å²) in [6.45, 7) is 5.58. The molecule has 0 aromatic carbocycles. The second kappa shape index (κ2) is 21.5. The van der Waals surface area contributed by atoms with E-state index < -0.39 is 10.0 Å². The van der Waals surface area contributed by atoms with Gasteiger partial charge in [-0.2, -0.15) is 0 Å². The lowest BCUT2D eigenvalue weighted by molar-refractivity contribution is 0.0106. The van der Waals surface area contributed by atoms with Crippen LogP contribution in [0.5, 0.6) is 0 Å². The fourth-order valence-corrected chi connectivity index (χ4v) is 5.97. The second-order valence-corrected chi connectivity index (χ2v) is 12.6. The van der Waals surface area contributed by atoms with Crippen molar-refractivity contribution in [1.82, 2.24) is 9.71 Å². The summed E-state index contributed by atoms with van der Waals surface area (Å²) >= 11 is 1.58. The van der Waals surface area contributed by atoms with Crippen LogP contribution < -0.4 is 4.72 Å². The first-order chi connectivity index (χ1) is 17.0. The number of hydrogen-bond acceptors (Lipinski definition) is 6. The molecule has 1 rings (SSSR count). The van der Waals surface area contributed by atoms with E-state index in [1.54, 1.807) is 18.4 Å². The smallest absolute Gasteiger partial charge is 0.211 e. The molecule has 1 aromatic rings. The Kier molecular flexibility index (Phi) is 20.0. The van der Waals surface area contributed by atoms with Crippen molar-refractivity contribution in [3.8, 4) is 0 Å². The summed E-state index contributed by atoms with van der Waals surface area (Å²) in [4.78, 5) is 4.38. The van der Waals surface area contributed by atoms with Crippen LogP contribution >= 0.6 is 11.3 Å². The zero-order chi connectivity index (χ0) is 25.6. The van der Waals surface area contributed by atoms with Crippen molar-refractivity contribution in [2.24, 2.45) is 0 Å². The summed E-state index contributed by atoms with van der Waals surface area (Å²) in [5.74, 6) is 0.0992. The molecule has 206 valence electrons. The lowest BCUT2D eigenvalue weighted by Crippen LogP contribution is -2.37. The summed E-state index contributed by atoms with van der Waals surface area (Å²) in [6, 6.07) is 0. The van der Waals surface area contributed by atoms with Crippen LogP contribution in [0.25, 0.3) is 0 Å². The first-order valence-electron chi connectivity index (χ1n) is 14.0. The highest BCUT2D eigenvalue weighted by Gasteiger charge is 2.15. The lowest BCUT2D eigenvalue weighted by Gasteiger charge is -2.16. The van der Waals surface area contributed by atoms with Gasteiger partial charge < -0.3 is 9.47 Å². The zero-order valence-corrected chi connectivity index (χ0v) is 24.3. The van der Waals surface area contributed by atoms with Gasteiger partial charge in [-0.15, -0.1) is 11.3 Å². The number of aromatic nitrogens is 1. The molecule has 35 heavy (non-hydrogen) atoms. The van der Waals surface area contributed by atoms with Crippen LogP contribution in [0, 0.1) is 6.92 Å². The van der Waals surface area contributed by atoms with Crippen molar-refractivity contribution < 1.29 is 17.9 Å². The van der Waals surface area contributed by atoms with E-state index in [1.807, 2.05) is 12.3 Å². The van der Waals surface area contributed by atoms with E-state index >= 15 is 0 Å². The van der Waals surface area contributed by atoms with Gasteiger partial charge in [0, 0.05) is 37.8 Å². The predicted octanol–water partition coefficient (Wildman–Crippen LogP) is 6.82. The first kappa shape index (κ1) is 32.5. The Morgan fingerprint density at radius 3 is 2.00 bits per heavy atom. The molecule has 0 fully saturated rings. The minimum absolute atomic E-state index is 0.0992. The predicted molar refractivity (Wildman–Crippen MR) is 149 cm³/mol. The summed E-state index contributed by atoms with van der Waals surface area (Å²) in [5, 5.41) is 2.98. The third-order valence-corrected chi connectivity index (χ3v) is 8.74. The third-order valence-electron chi connectivity index (χ3n) is 6.28. The van der Waals surface area contributed by atoms with Crippen LogP contribution in [0.1, 0.15) is 114 Å². The Morgan fingerprint density at radius 1 is 0.914 bits per heavy atom. The van der Waals surface area contributed by atoms with Crippen LogP contribution in [0.2, 0.25) is 0 Å². The average Bonchev–Trinajstić information content (AvgIpc) is 3.25. The van der Waals surface area contributed by atoms with Crippen LogP contribution in [-0.2, 0) is 25.9 Å². The number of thiazole rings is 1. The van der Waals surface area contributed by atoms with Gasteiger partial charge in [0.05, 0.1) is 23.5 Å². The monoisotopic (exact) mass is 532 g/mol. The number of nitrogens with zero attached hydrogens (tertiary/aromatic N) is 1. The third kappa shape index (κ3) is 19.3. The van der Waals surface area contributed by atoms with E-state index in [2.05, 4.69) is 16.6 Å². The first-order valence-corrected chi connectivity index (χ1v) is 16.5. The molecule has 1 heterocycles. The van der Waals surface area contributed by atoms with Crippen LogP contribution in [0.3, 0.4) is 0 Å². The summed E-state index contributed by atoms with van der Waals surface area (Å²) in [5.41, 5.74) is 0.989. The van der Waals surface area contributed by atoms with Crippen molar-refractivity contribution in [2.75, 3.05) is 32.6 Å². The number of rotatable bonds is 25. The van der Waals surface area contributed by atoms with Gasteiger partial charge in [-0.1, -0.05) is 90.4 Å². The van der Waals surface area contributed by atoms with Gasteiger partial charge in [0.2, 0.25) is 10.0 Å². The van der Waals surface area contributed by atoms with Crippen molar-refractivity contribution in [3.05, 3.63) is 16.1 Å². The molecule has 8 heteroatoms. The molecule has 0 radical (unpaired) electrons. The van der Waals surface area contributed by atoms with Gasteiger partial charge in [-0.25, -0.2) is 18.1 Å². The van der Waals surface area contributed by atoms with Gasteiger partial charge in [-0.3, -0.25) is 0 Å². The Balaban J connectivity index is 1.93. The van der Waals surface area contributed by atoms with E-state index in [0.29, 0.717) is 26.1 Å². The van der Waals surface area contributed by atoms with E-state index in [0.717, 1.165) is 17.1 Å². The second-order valence-electron chi connectivity index (χ2n) is 9.68. The maximum absolute atomic E-state index is 12.2.